The van der Waals surface area contributed by atoms with E-state index in [1.165, 1.54) is 11.3 Å². The Hall–Kier alpha value is -1.55. The van der Waals surface area contributed by atoms with Crippen LogP contribution in [0.4, 0.5) is 5.69 Å². The Labute approximate surface area is 95.6 Å². The predicted molar refractivity (Wildman–Crippen MR) is 64.5 cm³/mol. The number of carbonyl (C=O) groups is 1. The summed E-state index contributed by atoms with van der Waals surface area (Å²) in [6.07, 6.45) is 0. The second-order valence-electron chi connectivity index (χ2n) is 4.22. The molecule has 1 fully saturated rings. The zero-order valence-electron chi connectivity index (χ0n) is 9.66. The maximum absolute atomic E-state index is 11.0. The van der Waals surface area contributed by atoms with Crippen LogP contribution in [0.1, 0.15) is 11.6 Å². The number of piperazine rings is 1. The van der Waals surface area contributed by atoms with Crippen molar-refractivity contribution in [3.8, 4) is 0 Å². The molecule has 2 N–H and O–H groups in total. The number of carbonyl (C=O) groups excluding carboxylic acids is 1. The van der Waals surface area contributed by atoms with Gasteiger partial charge in [0.05, 0.1) is 12.6 Å². The van der Waals surface area contributed by atoms with Gasteiger partial charge in [-0.15, -0.1) is 0 Å². The average Bonchev–Trinajstić information content (AvgIpc) is 2.30. The molecule has 86 valence electrons. The lowest BCUT2D eigenvalue weighted by Gasteiger charge is -2.24. The summed E-state index contributed by atoms with van der Waals surface area (Å²) in [6, 6.07) is 8.62. The fraction of sp³-hybridized carbons (Fsp3) is 0.417. The normalized spacial score (nSPS) is 20.4. The molecule has 1 unspecified atom stereocenters. The topological polar surface area (TPSA) is 44.4 Å². The predicted octanol–water partition coefficient (Wildman–Crippen LogP) is 0.513. The number of nitrogens with one attached hydrogen (secondary N) is 2. The number of nitrogens with zero attached hydrogens (tertiary/aromatic N) is 1. The van der Waals surface area contributed by atoms with Crippen LogP contribution in [0.3, 0.4) is 0 Å². The van der Waals surface area contributed by atoms with E-state index < -0.39 is 0 Å². The van der Waals surface area contributed by atoms with Crippen LogP contribution >= 0.6 is 0 Å². The van der Waals surface area contributed by atoms with Crippen LogP contribution in [0.15, 0.2) is 24.3 Å². The molecule has 1 aromatic carbocycles. The van der Waals surface area contributed by atoms with Crippen molar-refractivity contribution in [2.24, 2.45) is 0 Å². The summed E-state index contributed by atoms with van der Waals surface area (Å²) >= 11 is 0. The van der Waals surface area contributed by atoms with E-state index in [4.69, 9.17) is 0 Å². The fourth-order valence-electron chi connectivity index (χ4n) is 1.81. The second kappa shape index (κ2) is 4.53. The minimum absolute atomic E-state index is 0.0705. The minimum atomic E-state index is 0.0705. The smallest absolute Gasteiger partial charge is 0.234 e. The van der Waals surface area contributed by atoms with E-state index in [0.717, 1.165) is 0 Å². The maximum Gasteiger partial charge on any atom is 0.234 e. The molecule has 1 saturated heterocycles. The molecule has 0 radical (unpaired) electrons. The van der Waals surface area contributed by atoms with Gasteiger partial charge in [0.1, 0.15) is 0 Å². The van der Waals surface area contributed by atoms with Crippen molar-refractivity contribution in [2.75, 3.05) is 32.1 Å². The zero-order chi connectivity index (χ0) is 11.5. The number of rotatable bonds is 2. The van der Waals surface area contributed by atoms with Gasteiger partial charge in [0.25, 0.3) is 0 Å². The van der Waals surface area contributed by atoms with Crippen LogP contribution in [0, 0.1) is 0 Å². The Morgan fingerprint density at radius 1 is 1.25 bits per heavy atom. The van der Waals surface area contributed by atoms with Crippen LogP contribution in [0.5, 0.6) is 0 Å². The van der Waals surface area contributed by atoms with Gasteiger partial charge < -0.3 is 10.2 Å². The molecule has 0 aliphatic carbocycles. The van der Waals surface area contributed by atoms with Gasteiger partial charge in [-0.05, 0) is 17.7 Å². The Morgan fingerprint density at radius 2 is 1.94 bits per heavy atom. The molecule has 1 aliphatic rings. The minimum Gasteiger partial charge on any atom is -0.378 e. The third-order valence-corrected chi connectivity index (χ3v) is 2.82. The quantitative estimate of drug-likeness (QED) is 0.762. The van der Waals surface area contributed by atoms with Crippen LogP contribution in [0.25, 0.3) is 0 Å². The van der Waals surface area contributed by atoms with E-state index in [1.54, 1.807) is 0 Å². The van der Waals surface area contributed by atoms with Gasteiger partial charge in [0.2, 0.25) is 5.91 Å². The van der Waals surface area contributed by atoms with Crippen LogP contribution in [-0.2, 0) is 4.79 Å². The van der Waals surface area contributed by atoms with Gasteiger partial charge in [-0.1, -0.05) is 12.1 Å². The first-order valence-electron chi connectivity index (χ1n) is 5.44. The summed E-state index contributed by atoms with van der Waals surface area (Å²) in [5.74, 6) is 0.0705. The van der Waals surface area contributed by atoms with Crippen molar-refractivity contribution in [2.45, 2.75) is 6.04 Å². The van der Waals surface area contributed by atoms with E-state index >= 15 is 0 Å². The molecule has 4 heteroatoms. The highest BCUT2D eigenvalue weighted by Crippen LogP contribution is 2.18. The first-order chi connectivity index (χ1) is 7.66. The molecule has 16 heavy (non-hydrogen) atoms. The Kier molecular flexibility index (Phi) is 3.10. The standard InChI is InChI=1S/C12H17N3O/c1-15(2)10-5-3-9(4-6-10)11-7-14-12(16)8-13-11/h3-6,11,13H,7-8H2,1-2H3,(H,14,16). The van der Waals surface area contributed by atoms with Crippen molar-refractivity contribution in [3.05, 3.63) is 29.8 Å². The molecule has 0 aromatic heterocycles. The van der Waals surface area contributed by atoms with Crippen LogP contribution in [-0.4, -0.2) is 33.1 Å². The van der Waals surface area contributed by atoms with Crippen LogP contribution < -0.4 is 15.5 Å². The molecule has 0 saturated carbocycles. The number of anilines is 1. The third kappa shape index (κ3) is 2.33. The van der Waals surface area contributed by atoms with E-state index in [1.807, 2.05) is 14.1 Å². The van der Waals surface area contributed by atoms with Gasteiger partial charge in [-0.3, -0.25) is 10.1 Å². The highest BCUT2D eigenvalue weighted by Gasteiger charge is 2.18. The lowest BCUT2D eigenvalue weighted by atomic mass is 10.0. The Bertz CT molecular complexity index is 362. The summed E-state index contributed by atoms with van der Waals surface area (Å²) in [7, 11) is 4.04. The number of hydrogen-bond donors (Lipinski definition) is 2. The van der Waals surface area contributed by atoms with Gasteiger partial charge in [-0.25, -0.2) is 0 Å². The molecule has 0 bridgehead atoms. The molecule has 4 nitrogen and oxygen atoms in total. The zero-order valence-corrected chi connectivity index (χ0v) is 9.66. The molecule has 1 aromatic rings. The van der Waals surface area contributed by atoms with Crippen molar-refractivity contribution < 1.29 is 4.79 Å². The Balaban J connectivity index is 2.07. The second-order valence-corrected chi connectivity index (χ2v) is 4.22. The number of hydrogen-bond acceptors (Lipinski definition) is 3. The van der Waals surface area contributed by atoms with Crippen molar-refractivity contribution in [1.29, 1.82) is 0 Å². The summed E-state index contributed by atoms with van der Waals surface area (Å²) in [6.45, 7) is 1.07. The molecule has 1 amide bonds. The van der Waals surface area contributed by atoms with E-state index in [2.05, 4.69) is 39.8 Å². The maximum atomic E-state index is 11.0. The van der Waals surface area contributed by atoms with E-state index in [0.29, 0.717) is 13.1 Å². The molecule has 0 spiro atoms. The van der Waals surface area contributed by atoms with Crippen molar-refractivity contribution in [1.82, 2.24) is 10.6 Å². The largest absolute Gasteiger partial charge is 0.378 e. The third-order valence-electron chi connectivity index (χ3n) is 2.82. The number of benzene rings is 1. The number of amides is 1. The van der Waals surface area contributed by atoms with Crippen molar-refractivity contribution >= 4 is 11.6 Å². The molecule has 1 heterocycles. The van der Waals surface area contributed by atoms with Gasteiger partial charge in [-0.2, -0.15) is 0 Å². The lowest BCUT2D eigenvalue weighted by Crippen LogP contribution is -2.46. The summed E-state index contributed by atoms with van der Waals surface area (Å²) in [5.41, 5.74) is 2.40. The van der Waals surface area contributed by atoms with Gasteiger partial charge in [0, 0.05) is 26.3 Å². The highest BCUT2D eigenvalue weighted by atomic mass is 16.2. The first-order valence-corrected chi connectivity index (χ1v) is 5.44. The average molecular weight is 219 g/mol. The van der Waals surface area contributed by atoms with Crippen molar-refractivity contribution in [3.63, 3.8) is 0 Å². The van der Waals surface area contributed by atoms with Gasteiger partial charge >= 0.3 is 0 Å². The molecular formula is C12H17N3O. The highest BCUT2D eigenvalue weighted by molar-refractivity contribution is 5.78. The first kappa shape index (κ1) is 11.0. The molecular weight excluding hydrogens is 202 g/mol. The van der Waals surface area contributed by atoms with E-state index in [-0.39, 0.29) is 11.9 Å². The SMILES string of the molecule is CN(C)c1ccc(C2CNC(=O)CN2)cc1. The monoisotopic (exact) mass is 219 g/mol. The Morgan fingerprint density at radius 3 is 2.44 bits per heavy atom. The summed E-state index contributed by atoms with van der Waals surface area (Å²) in [4.78, 5) is 13.1. The molecule has 1 aliphatic heterocycles. The summed E-state index contributed by atoms with van der Waals surface area (Å²) in [5, 5.41) is 6.06. The summed E-state index contributed by atoms with van der Waals surface area (Å²) < 4.78 is 0. The van der Waals surface area contributed by atoms with Crippen LogP contribution in [0.2, 0.25) is 0 Å². The fourth-order valence-corrected chi connectivity index (χ4v) is 1.81. The molecule has 1 atom stereocenters. The lowest BCUT2D eigenvalue weighted by molar-refractivity contribution is -0.121. The molecule has 2 rings (SSSR count). The van der Waals surface area contributed by atoms with E-state index in [9.17, 15) is 4.79 Å². The van der Waals surface area contributed by atoms with Gasteiger partial charge in [0.15, 0.2) is 0 Å².